The zero-order valence-corrected chi connectivity index (χ0v) is 14.5. The molecule has 0 bridgehead atoms. The van der Waals surface area contributed by atoms with Crippen molar-refractivity contribution in [1.29, 1.82) is 0 Å². The van der Waals surface area contributed by atoms with Crippen LogP contribution in [0.5, 0.6) is 5.75 Å². The molecule has 1 aliphatic heterocycles. The summed E-state index contributed by atoms with van der Waals surface area (Å²) in [5, 5.41) is 14.0. The molecule has 0 aromatic heterocycles. The largest absolute Gasteiger partial charge is 0.497 e. The van der Waals surface area contributed by atoms with Crippen molar-refractivity contribution in [3.63, 3.8) is 0 Å². The summed E-state index contributed by atoms with van der Waals surface area (Å²) in [7, 11) is 1.58. The molecular formula is C19H19N3O4. The molecule has 1 heterocycles. The number of amides is 2. The van der Waals surface area contributed by atoms with Crippen molar-refractivity contribution in [2.75, 3.05) is 13.7 Å². The second-order valence-electron chi connectivity index (χ2n) is 5.83. The Balaban J connectivity index is 2.06. The molecule has 134 valence electrons. The summed E-state index contributed by atoms with van der Waals surface area (Å²) in [5.74, 6) is 0.683. The lowest BCUT2D eigenvalue weighted by Crippen LogP contribution is -2.44. The normalized spacial score (nSPS) is 16.7. The van der Waals surface area contributed by atoms with Gasteiger partial charge in [0.25, 0.3) is 5.69 Å². The van der Waals surface area contributed by atoms with Crippen molar-refractivity contribution in [3.8, 4) is 5.75 Å². The summed E-state index contributed by atoms with van der Waals surface area (Å²) in [5.41, 5.74) is 2.15. The summed E-state index contributed by atoms with van der Waals surface area (Å²) in [4.78, 5) is 24.9. The van der Waals surface area contributed by atoms with Crippen LogP contribution in [-0.2, 0) is 0 Å². The van der Waals surface area contributed by atoms with Crippen LogP contribution < -0.4 is 10.1 Å². The van der Waals surface area contributed by atoms with Crippen molar-refractivity contribution in [3.05, 3.63) is 75.8 Å². The minimum Gasteiger partial charge on any atom is -0.497 e. The summed E-state index contributed by atoms with van der Waals surface area (Å²) in [6.07, 6.45) is 1.90. The molecule has 1 N–H and O–H groups in total. The number of nitro benzene ring substituents is 1. The number of nitro groups is 1. The molecule has 0 saturated carbocycles. The van der Waals surface area contributed by atoms with Crippen LogP contribution in [0.1, 0.15) is 24.1 Å². The Bertz CT molecular complexity index is 879. The number of carbonyl (C=O) groups is 1. The highest BCUT2D eigenvalue weighted by molar-refractivity contribution is 5.89. The third-order valence-electron chi connectivity index (χ3n) is 4.31. The molecule has 0 saturated heterocycles. The Labute approximate surface area is 151 Å². The molecule has 3 rings (SSSR count). The lowest BCUT2D eigenvalue weighted by molar-refractivity contribution is -0.384. The number of hydrogen-bond acceptors (Lipinski definition) is 4. The summed E-state index contributed by atoms with van der Waals surface area (Å²) >= 11 is 0. The van der Waals surface area contributed by atoms with E-state index in [4.69, 9.17) is 4.74 Å². The SMILES string of the molecule is CCN1C(=O)NC(c2cccc(OC)c2)=CC1c1cccc([N+](=O)[O-])c1. The van der Waals surface area contributed by atoms with Gasteiger partial charge in [0.2, 0.25) is 0 Å². The molecule has 7 nitrogen and oxygen atoms in total. The first-order valence-corrected chi connectivity index (χ1v) is 8.21. The Hall–Kier alpha value is -3.35. The number of methoxy groups -OCH3 is 1. The lowest BCUT2D eigenvalue weighted by Gasteiger charge is -2.34. The maximum absolute atomic E-state index is 12.6. The highest BCUT2D eigenvalue weighted by Gasteiger charge is 2.29. The third kappa shape index (κ3) is 3.37. The molecule has 2 aromatic rings. The highest BCUT2D eigenvalue weighted by atomic mass is 16.6. The fourth-order valence-corrected chi connectivity index (χ4v) is 3.00. The second-order valence-corrected chi connectivity index (χ2v) is 5.83. The third-order valence-corrected chi connectivity index (χ3v) is 4.31. The van der Waals surface area contributed by atoms with E-state index in [0.29, 0.717) is 23.6 Å². The maximum atomic E-state index is 12.6. The topological polar surface area (TPSA) is 84.7 Å². The van der Waals surface area contributed by atoms with Gasteiger partial charge in [0.05, 0.1) is 18.1 Å². The van der Waals surface area contributed by atoms with Gasteiger partial charge in [0.1, 0.15) is 5.75 Å². The molecule has 1 atom stereocenters. The standard InChI is InChI=1S/C19H19N3O4/c1-3-21-18(14-7-4-8-15(10-14)22(24)25)12-17(20-19(21)23)13-6-5-9-16(11-13)26-2/h4-12,18H,3H2,1-2H3,(H,20,23). The van der Waals surface area contributed by atoms with Gasteiger partial charge in [-0.2, -0.15) is 0 Å². The van der Waals surface area contributed by atoms with E-state index in [1.165, 1.54) is 12.1 Å². The van der Waals surface area contributed by atoms with Crippen LogP contribution in [0.15, 0.2) is 54.6 Å². The summed E-state index contributed by atoms with van der Waals surface area (Å²) in [6, 6.07) is 13.1. The van der Waals surface area contributed by atoms with Crippen LogP contribution in [0.3, 0.4) is 0 Å². The van der Waals surface area contributed by atoms with Crippen LogP contribution in [0, 0.1) is 10.1 Å². The molecule has 0 aliphatic carbocycles. The number of hydrogen-bond donors (Lipinski definition) is 1. The predicted molar refractivity (Wildman–Crippen MR) is 97.7 cm³/mol. The average molecular weight is 353 g/mol. The molecule has 26 heavy (non-hydrogen) atoms. The van der Waals surface area contributed by atoms with Gasteiger partial charge in [0, 0.05) is 29.9 Å². The molecule has 1 aliphatic rings. The molecule has 1 unspecified atom stereocenters. The Morgan fingerprint density at radius 1 is 1.23 bits per heavy atom. The van der Waals surface area contributed by atoms with Gasteiger partial charge in [0.15, 0.2) is 0 Å². The molecule has 0 fully saturated rings. The first-order valence-electron chi connectivity index (χ1n) is 8.21. The average Bonchev–Trinajstić information content (AvgIpc) is 2.67. The number of nitrogens with one attached hydrogen (secondary N) is 1. The number of carbonyl (C=O) groups excluding carboxylic acids is 1. The van der Waals surface area contributed by atoms with E-state index in [-0.39, 0.29) is 11.7 Å². The quantitative estimate of drug-likeness (QED) is 0.656. The van der Waals surface area contributed by atoms with Gasteiger partial charge >= 0.3 is 6.03 Å². The van der Waals surface area contributed by atoms with Crippen LogP contribution in [0.25, 0.3) is 5.70 Å². The van der Waals surface area contributed by atoms with Crippen molar-refractivity contribution >= 4 is 17.4 Å². The second kappa shape index (κ2) is 7.26. The molecule has 0 spiro atoms. The number of rotatable bonds is 5. The number of non-ortho nitro benzene ring substituents is 1. The van der Waals surface area contributed by atoms with Gasteiger partial charge in [-0.15, -0.1) is 0 Å². The first-order chi connectivity index (χ1) is 12.5. The van der Waals surface area contributed by atoms with E-state index in [0.717, 1.165) is 5.56 Å². The minimum absolute atomic E-state index is 0.000801. The zero-order chi connectivity index (χ0) is 18.7. The van der Waals surface area contributed by atoms with Crippen LogP contribution in [0.4, 0.5) is 10.5 Å². The Kier molecular flexibility index (Phi) is 4.88. The first kappa shape index (κ1) is 17.5. The monoisotopic (exact) mass is 353 g/mol. The van der Waals surface area contributed by atoms with E-state index in [1.54, 1.807) is 24.1 Å². The number of likely N-dealkylation sites (N-methyl/N-ethyl adjacent to an activating group) is 1. The molecular weight excluding hydrogens is 334 g/mol. The van der Waals surface area contributed by atoms with Crippen molar-refractivity contribution in [2.45, 2.75) is 13.0 Å². The Morgan fingerprint density at radius 2 is 2.00 bits per heavy atom. The van der Waals surface area contributed by atoms with Gasteiger partial charge < -0.3 is 15.0 Å². The van der Waals surface area contributed by atoms with Crippen molar-refractivity contribution < 1.29 is 14.5 Å². The van der Waals surface area contributed by atoms with Crippen molar-refractivity contribution in [1.82, 2.24) is 10.2 Å². The van der Waals surface area contributed by atoms with Crippen LogP contribution in [-0.4, -0.2) is 29.5 Å². The van der Waals surface area contributed by atoms with E-state index < -0.39 is 11.0 Å². The van der Waals surface area contributed by atoms with Gasteiger partial charge in [-0.25, -0.2) is 4.79 Å². The highest BCUT2D eigenvalue weighted by Crippen LogP contribution is 2.32. The van der Waals surface area contributed by atoms with E-state index >= 15 is 0 Å². The molecule has 0 radical (unpaired) electrons. The minimum atomic E-state index is -0.435. The predicted octanol–water partition coefficient (Wildman–Crippen LogP) is 3.73. The van der Waals surface area contributed by atoms with E-state index in [1.807, 2.05) is 37.3 Å². The smallest absolute Gasteiger partial charge is 0.322 e. The van der Waals surface area contributed by atoms with Crippen molar-refractivity contribution in [2.24, 2.45) is 0 Å². The zero-order valence-electron chi connectivity index (χ0n) is 14.5. The number of nitrogens with zero attached hydrogens (tertiary/aromatic N) is 2. The van der Waals surface area contributed by atoms with Crippen LogP contribution in [0.2, 0.25) is 0 Å². The number of benzene rings is 2. The molecule has 7 heteroatoms. The van der Waals surface area contributed by atoms with E-state index in [2.05, 4.69) is 5.32 Å². The van der Waals surface area contributed by atoms with Gasteiger partial charge in [-0.3, -0.25) is 10.1 Å². The molecule has 2 aromatic carbocycles. The number of ether oxygens (including phenoxy) is 1. The Morgan fingerprint density at radius 3 is 2.69 bits per heavy atom. The fraction of sp³-hybridized carbons (Fsp3) is 0.211. The maximum Gasteiger partial charge on any atom is 0.322 e. The lowest BCUT2D eigenvalue weighted by atomic mass is 9.99. The van der Waals surface area contributed by atoms with E-state index in [9.17, 15) is 14.9 Å². The van der Waals surface area contributed by atoms with Gasteiger partial charge in [-0.1, -0.05) is 24.3 Å². The summed E-state index contributed by atoms with van der Waals surface area (Å²) in [6.45, 7) is 2.34. The fourth-order valence-electron chi connectivity index (χ4n) is 3.00. The number of urea groups is 1. The summed E-state index contributed by atoms with van der Waals surface area (Å²) < 4.78 is 5.24. The van der Waals surface area contributed by atoms with Gasteiger partial charge in [-0.05, 0) is 30.7 Å². The van der Waals surface area contributed by atoms with Crippen LogP contribution >= 0.6 is 0 Å². The molecule has 2 amide bonds.